The zero-order chi connectivity index (χ0) is 23.0. The molecule has 0 aliphatic carbocycles. The Morgan fingerprint density at radius 3 is 2.38 bits per heavy atom. The normalized spacial score (nSPS) is 15.2. The second kappa shape index (κ2) is 8.26. The number of hydrogen-bond donors (Lipinski definition) is 3. The standard InChI is InChI=1S/C23H24N4O5/c1-12-7-13(2)9-15(8-12)27-22(29)20(21(28)24-23(27)30)17-11-16(25-26-17)14-5-6-18(31-3)19(10-14)32-4/h5-10,16,25,29H,11H2,1-4H3,(H,24,28,30)/t16-/m1/s1. The Kier molecular flexibility index (Phi) is 5.48. The summed E-state index contributed by atoms with van der Waals surface area (Å²) in [6, 6.07) is 10.7. The SMILES string of the molecule is COc1ccc([C@H]2CC(c3c(O)n(-c4cc(C)cc(C)c4)c(=O)[nH]c3=O)=NN2)cc1OC. The number of benzene rings is 2. The van der Waals surface area contributed by atoms with Crippen molar-refractivity contribution in [2.75, 3.05) is 14.2 Å². The van der Waals surface area contributed by atoms with E-state index in [2.05, 4.69) is 15.5 Å². The van der Waals surface area contributed by atoms with E-state index in [0.29, 0.717) is 29.3 Å². The maximum Gasteiger partial charge on any atom is 0.335 e. The minimum Gasteiger partial charge on any atom is -0.493 e. The molecule has 4 rings (SSSR count). The van der Waals surface area contributed by atoms with Crippen LogP contribution in [0, 0.1) is 13.8 Å². The molecule has 9 heteroatoms. The Morgan fingerprint density at radius 2 is 1.72 bits per heavy atom. The van der Waals surface area contributed by atoms with Crippen LogP contribution in [-0.4, -0.2) is 34.6 Å². The number of H-pyrrole nitrogens is 1. The number of rotatable bonds is 5. The van der Waals surface area contributed by atoms with Gasteiger partial charge in [0.15, 0.2) is 11.5 Å². The van der Waals surface area contributed by atoms with Crippen molar-refractivity contribution in [1.82, 2.24) is 15.0 Å². The number of aryl methyl sites for hydroxylation is 2. The average molecular weight is 436 g/mol. The molecule has 0 saturated carbocycles. The average Bonchev–Trinajstić information content (AvgIpc) is 3.21. The van der Waals surface area contributed by atoms with E-state index in [0.717, 1.165) is 21.3 Å². The second-order valence-corrected chi connectivity index (χ2v) is 7.70. The molecule has 0 spiro atoms. The van der Waals surface area contributed by atoms with Gasteiger partial charge >= 0.3 is 5.69 Å². The van der Waals surface area contributed by atoms with Crippen molar-refractivity contribution in [3.63, 3.8) is 0 Å². The smallest absolute Gasteiger partial charge is 0.335 e. The summed E-state index contributed by atoms with van der Waals surface area (Å²) in [5, 5.41) is 15.2. The monoisotopic (exact) mass is 436 g/mol. The second-order valence-electron chi connectivity index (χ2n) is 7.70. The van der Waals surface area contributed by atoms with Crippen molar-refractivity contribution >= 4 is 5.71 Å². The molecule has 3 N–H and O–H groups in total. The van der Waals surface area contributed by atoms with Crippen LogP contribution in [-0.2, 0) is 0 Å². The first-order valence-corrected chi connectivity index (χ1v) is 10.0. The third kappa shape index (κ3) is 3.73. The van der Waals surface area contributed by atoms with Crippen molar-refractivity contribution in [1.29, 1.82) is 0 Å². The van der Waals surface area contributed by atoms with E-state index < -0.39 is 17.1 Å². The van der Waals surface area contributed by atoms with Crippen LogP contribution in [0.4, 0.5) is 0 Å². The molecule has 0 amide bonds. The van der Waals surface area contributed by atoms with Gasteiger partial charge in [-0.05, 0) is 54.8 Å². The first-order valence-electron chi connectivity index (χ1n) is 10.0. The van der Waals surface area contributed by atoms with Gasteiger partial charge in [-0.3, -0.25) is 9.78 Å². The van der Waals surface area contributed by atoms with Crippen molar-refractivity contribution in [2.24, 2.45) is 5.10 Å². The molecule has 2 heterocycles. The number of hydrogen-bond acceptors (Lipinski definition) is 7. The van der Waals surface area contributed by atoms with Crippen molar-refractivity contribution < 1.29 is 14.6 Å². The van der Waals surface area contributed by atoms with Gasteiger partial charge in [0.05, 0.1) is 31.7 Å². The van der Waals surface area contributed by atoms with E-state index in [9.17, 15) is 14.7 Å². The molecule has 1 aliphatic heterocycles. The number of methoxy groups -OCH3 is 2. The summed E-state index contributed by atoms with van der Waals surface area (Å²) in [5.74, 6) is 0.728. The van der Waals surface area contributed by atoms with Gasteiger partial charge in [0.25, 0.3) is 5.56 Å². The molecule has 1 atom stereocenters. The summed E-state index contributed by atoms with van der Waals surface area (Å²) in [6.45, 7) is 3.79. The van der Waals surface area contributed by atoms with Gasteiger partial charge < -0.3 is 20.0 Å². The lowest BCUT2D eigenvalue weighted by Crippen LogP contribution is -2.33. The van der Waals surface area contributed by atoms with E-state index in [1.807, 2.05) is 32.0 Å². The van der Waals surface area contributed by atoms with Crippen LogP contribution in [0.25, 0.3) is 5.69 Å². The Balaban J connectivity index is 1.72. The zero-order valence-electron chi connectivity index (χ0n) is 18.2. The van der Waals surface area contributed by atoms with Gasteiger partial charge in [-0.25, -0.2) is 9.36 Å². The quantitative estimate of drug-likeness (QED) is 0.565. The topological polar surface area (TPSA) is 118 Å². The summed E-state index contributed by atoms with van der Waals surface area (Å²) in [4.78, 5) is 27.4. The highest BCUT2D eigenvalue weighted by Crippen LogP contribution is 2.33. The van der Waals surface area contributed by atoms with Gasteiger partial charge in [0.2, 0.25) is 5.88 Å². The molecule has 0 unspecified atom stereocenters. The highest BCUT2D eigenvalue weighted by atomic mass is 16.5. The number of hydrazone groups is 1. The maximum absolute atomic E-state index is 12.6. The predicted molar refractivity (Wildman–Crippen MR) is 120 cm³/mol. The molecule has 32 heavy (non-hydrogen) atoms. The Morgan fingerprint density at radius 1 is 1.03 bits per heavy atom. The molecular formula is C23H24N4O5. The lowest BCUT2D eigenvalue weighted by atomic mass is 9.99. The lowest BCUT2D eigenvalue weighted by molar-refractivity contribution is 0.354. The number of aromatic nitrogens is 2. The summed E-state index contributed by atoms with van der Waals surface area (Å²) >= 11 is 0. The van der Waals surface area contributed by atoms with Crippen molar-refractivity contribution in [3.8, 4) is 23.1 Å². The van der Waals surface area contributed by atoms with E-state index in [-0.39, 0.29) is 11.6 Å². The zero-order valence-corrected chi connectivity index (χ0v) is 18.2. The van der Waals surface area contributed by atoms with Crippen LogP contribution < -0.4 is 26.1 Å². The number of aromatic hydroxyl groups is 1. The highest BCUT2D eigenvalue weighted by Gasteiger charge is 2.28. The Bertz CT molecular complexity index is 1320. The van der Waals surface area contributed by atoms with Gasteiger partial charge in [-0.15, -0.1) is 0 Å². The first-order chi connectivity index (χ1) is 15.3. The minimum absolute atomic E-state index is 0.0424. The molecule has 166 valence electrons. The van der Waals surface area contributed by atoms with Gasteiger partial charge in [0, 0.05) is 6.42 Å². The number of nitrogens with zero attached hydrogens (tertiary/aromatic N) is 2. The molecule has 1 aromatic heterocycles. The summed E-state index contributed by atoms with van der Waals surface area (Å²) in [6.07, 6.45) is 0.331. The summed E-state index contributed by atoms with van der Waals surface area (Å²) < 4.78 is 11.7. The van der Waals surface area contributed by atoms with E-state index >= 15 is 0 Å². The minimum atomic E-state index is -0.718. The van der Waals surface area contributed by atoms with Crippen LogP contribution in [0.2, 0.25) is 0 Å². The number of aromatic amines is 1. The summed E-state index contributed by atoms with van der Waals surface area (Å²) in [7, 11) is 3.12. The van der Waals surface area contributed by atoms with E-state index in [1.54, 1.807) is 32.4 Å². The lowest BCUT2D eigenvalue weighted by Gasteiger charge is -2.14. The molecule has 1 aliphatic rings. The fourth-order valence-corrected chi connectivity index (χ4v) is 3.96. The summed E-state index contributed by atoms with van der Waals surface area (Å²) in [5.41, 5.74) is 5.08. The predicted octanol–water partition coefficient (Wildman–Crippen LogP) is 2.30. The molecule has 0 fully saturated rings. The molecular weight excluding hydrogens is 412 g/mol. The van der Waals surface area contributed by atoms with Gasteiger partial charge in [-0.1, -0.05) is 12.1 Å². The fraction of sp³-hybridized carbons (Fsp3) is 0.261. The fourth-order valence-electron chi connectivity index (χ4n) is 3.96. The number of nitrogens with one attached hydrogen (secondary N) is 2. The third-order valence-electron chi connectivity index (χ3n) is 5.40. The number of ether oxygens (including phenoxy) is 2. The van der Waals surface area contributed by atoms with Gasteiger partial charge in [-0.2, -0.15) is 5.10 Å². The molecule has 0 radical (unpaired) electrons. The van der Waals surface area contributed by atoms with E-state index in [4.69, 9.17) is 9.47 Å². The van der Waals surface area contributed by atoms with Crippen LogP contribution in [0.5, 0.6) is 17.4 Å². The van der Waals surface area contributed by atoms with Crippen molar-refractivity contribution in [3.05, 3.63) is 79.5 Å². The highest BCUT2D eigenvalue weighted by molar-refractivity contribution is 6.03. The van der Waals surface area contributed by atoms with Gasteiger partial charge in [0.1, 0.15) is 5.56 Å². The molecule has 3 aromatic rings. The molecule has 0 bridgehead atoms. The first kappa shape index (κ1) is 21.2. The van der Waals surface area contributed by atoms with E-state index in [1.165, 1.54) is 0 Å². The third-order valence-corrected chi connectivity index (χ3v) is 5.40. The molecule has 2 aromatic carbocycles. The van der Waals surface area contributed by atoms with Crippen LogP contribution in [0.3, 0.4) is 0 Å². The maximum atomic E-state index is 12.6. The Labute approximate surface area is 184 Å². The van der Waals surface area contributed by atoms with Crippen molar-refractivity contribution in [2.45, 2.75) is 26.3 Å². The van der Waals surface area contributed by atoms with Crippen LogP contribution in [0.1, 0.15) is 34.7 Å². The molecule has 0 saturated heterocycles. The van der Waals surface area contributed by atoms with Crippen LogP contribution >= 0.6 is 0 Å². The van der Waals surface area contributed by atoms with Crippen LogP contribution in [0.15, 0.2) is 51.1 Å². The Hall–Kier alpha value is -4.01. The molecule has 9 nitrogen and oxygen atoms in total. The largest absolute Gasteiger partial charge is 0.493 e.